The molecule has 0 aromatic heterocycles. The Balaban J connectivity index is 2.55. The minimum absolute atomic E-state index is 0.0696. The molecule has 5 heteroatoms. The largest absolute Gasteiger partial charge is 0.375 e. The molecular weight excluding hydrogens is 235 g/mol. The lowest BCUT2D eigenvalue weighted by molar-refractivity contribution is 0.103. The standard InChI is InChI=1S/C13H19FN2O2/c1-9(2)16-13(17)15-8-12(18-3)10-5-4-6-11(14)7-10/h4-7,9,12H,8H2,1-3H3,(H2,15,16,17)/t12-/m0/s1. The monoisotopic (exact) mass is 254 g/mol. The van der Waals surface area contributed by atoms with Crippen LogP contribution in [0.5, 0.6) is 0 Å². The van der Waals surface area contributed by atoms with Crippen LogP contribution in [0.15, 0.2) is 24.3 Å². The molecule has 4 nitrogen and oxygen atoms in total. The number of rotatable bonds is 5. The first-order chi connectivity index (χ1) is 8.52. The molecule has 2 amide bonds. The Kier molecular flexibility index (Phi) is 5.58. The fraction of sp³-hybridized carbons (Fsp3) is 0.462. The molecule has 0 aliphatic carbocycles. The summed E-state index contributed by atoms with van der Waals surface area (Å²) < 4.78 is 18.3. The van der Waals surface area contributed by atoms with E-state index in [0.29, 0.717) is 12.1 Å². The van der Waals surface area contributed by atoms with E-state index in [4.69, 9.17) is 4.74 Å². The Morgan fingerprint density at radius 3 is 2.72 bits per heavy atom. The summed E-state index contributed by atoms with van der Waals surface area (Å²) in [5.74, 6) is -0.318. The van der Waals surface area contributed by atoms with Gasteiger partial charge in [-0.25, -0.2) is 9.18 Å². The number of ether oxygens (including phenoxy) is 1. The number of nitrogens with one attached hydrogen (secondary N) is 2. The molecule has 0 heterocycles. The van der Waals surface area contributed by atoms with Gasteiger partial charge in [-0.05, 0) is 31.5 Å². The molecule has 100 valence electrons. The molecule has 0 fully saturated rings. The maximum Gasteiger partial charge on any atom is 0.315 e. The number of methoxy groups -OCH3 is 1. The lowest BCUT2D eigenvalue weighted by Crippen LogP contribution is -2.41. The third-order valence-corrected chi connectivity index (χ3v) is 2.37. The molecule has 1 aromatic carbocycles. The molecule has 0 aliphatic rings. The number of carbonyl (C=O) groups excluding carboxylic acids is 1. The van der Waals surface area contributed by atoms with Crippen molar-refractivity contribution < 1.29 is 13.9 Å². The molecule has 0 bridgehead atoms. The lowest BCUT2D eigenvalue weighted by atomic mass is 10.1. The lowest BCUT2D eigenvalue weighted by Gasteiger charge is -2.17. The van der Waals surface area contributed by atoms with Crippen LogP contribution in [0.4, 0.5) is 9.18 Å². The van der Waals surface area contributed by atoms with Gasteiger partial charge in [0.05, 0.1) is 6.10 Å². The zero-order valence-corrected chi connectivity index (χ0v) is 10.9. The van der Waals surface area contributed by atoms with Crippen LogP contribution in [0.2, 0.25) is 0 Å². The van der Waals surface area contributed by atoms with E-state index in [9.17, 15) is 9.18 Å². The number of hydrogen-bond donors (Lipinski definition) is 2. The number of urea groups is 1. The van der Waals surface area contributed by atoms with Crippen LogP contribution in [-0.2, 0) is 4.74 Å². The summed E-state index contributed by atoms with van der Waals surface area (Å²) in [6, 6.07) is 5.96. The van der Waals surface area contributed by atoms with Crippen molar-refractivity contribution in [2.45, 2.75) is 26.0 Å². The SMILES string of the molecule is CO[C@@H](CNC(=O)NC(C)C)c1cccc(F)c1. The van der Waals surface area contributed by atoms with Crippen LogP contribution in [0.1, 0.15) is 25.5 Å². The quantitative estimate of drug-likeness (QED) is 0.846. The topological polar surface area (TPSA) is 50.4 Å². The van der Waals surface area contributed by atoms with Gasteiger partial charge in [0.25, 0.3) is 0 Å². The maximum atomic E-state index is 13.1. The van der Waals surface area contributed by atoms with Gasteiger partial charge < -0.3 is 15.4 Å². The normalized spacial score (nSPS) is 12.3. The molecular formula is C13H19FN2O2. The number of hydrogen-bond acceptors (Lipinski definition) is 2. The first kappa shape index (κ1) is 14.4. The molecule has 1 atom stereocenters. The first-order valence-corrected chi connectivity index (χ1v) is 5.85. The second kappa shape index (κ2) is 6.96. The summed E-state index contributed by atoms with van der Waals surface area (Å²) in [5.41, 5.74) is 0.697. The van der Waals surface area contributed by atoms with Crippen LogP contribution < -0.4 is 10.6 Å². The highest BCUT2D eigenvalue weighted by Crippen LogP contribution is 2.16. The zero-order chi connectivity index (χ0) is 13.5. The summed E-state index contributed by atoms with van der Waals surface area (Å²) in [6.45, 7) is 4.04. The molecule has 0 aliphatic heterocycles. The molecule has 18 heavy (non-hydrogen) atoms. The molecule has 0 unspecified atom stereocenters. The smallest absolute Gasteiger partial charge is 0.315 e. The fourth-order valence-corrected chi connectivity index (χ4v) is 1.54. The Morgan fingerprint density at radius 1 is 1.44 bits per heavy atom. The van der Waals surface area contributed by atoms with Gasteiger partial charge in [-0.1, -0.05) is 12.1 Å². The summed E-state index contributed by atoms with van der Waals surface area (Å²) in [7, 11) is 1.53. The zero-order valence-electron chi connectivity index (χ0n) is 10.9. The van der Waals surface area contributed by atoms with E-state index in [2.05, 4.69) is 10.6 Å². The van der Waals surface area contributed by atoms with Crippen LogP contribution in [0, 0.1) is 5.82 Å². The Morgan fingerprint density at radius 2 is 2.17 bits per heavy atom. The van der Waals surface area contributed by atoms with Crippen LogP contribution in [0.3, 0.4) is 0 Å². The van der Waals surface area contributed by atoms with E-state index >= 15 is 0 Å². The molecule has 0 saturated carbocycles. The average molecular weight is 254 g/mol. The van der Waals surface area contributed by atoms with Crippen molar-refractivity contribution in [3.63, 3.8) is 0 Å². The Labute approximate surface area is 107 Å². The Hall–Kier alpha value is -1.62. The first-order valence-electron chi connectivity index (χ1n) is 5.85. The Bertz CT molecular complexity index is 396. The van der Waals surface area contributed by atoms with Crippen molar-refractivity contribution in [2.24, 2.45) is 0 Å². The van der Waals surface area contributed by atoms with E-state index in [-0.39, 0.29) is 24.0 Å². The third kappa shape index (κ3) is 4.71. The molecule has 0 radical (unpaired) electrons. The summed E-state index contributed by atoms with van der Waals surface area (Å²) in [4.78, 5) is 11.4. The number of carbonyl (C=O) groups is 1. The predicted molar refractivity (Wildman–Crippen MR) is 67.8 cm³/mol. The second-order valence-corrected chi connectivity index (χ2v) is 4.29. The highest BCUT2D eigenvalue weighted by Gasteiger charge is 2.12. The number of benzene rings is 1. The third-order valence-electron chi connectivity index (χ3n) is 2.37. The number of amides is 2. The van der Waals surface area contributed by atoms with Gasteiger partial charge in [0, 0.05) is 19.7 Å². The van der Waals surface area contributed by atoms with E-state index in [1.165, 1.54) is 19.2 Å². The minimum atomic E-state index is -0.362. The summed E-state index contributed by atoms with van der Waals surface area (Å²) >= 11 is 0. The summed E-state index contributed by atoms with van der Waals surface area (Å²) in [6.07, 6.45) is -0.362. The maximum absolute atomic E-state index is 13.1. The predicted octanol–water partition coefficient (Wildman–Crippen LogP) is 2.22. The van der Waals surface area contributed by atoms with Crippen LogP contribution in [0.25, 0.3) is 0 Å². The van der Waals surface area contributed by atoms with E-state index in [1.54, 1.807) is 12.1 Å². The van der Waals surface area contributed by atoms with Gasteiger partial charge in [0.1, 0.15) is 5.82 Å². The van der Waals surface area contributed by atoms with Gasteiger partial charge in [-0.15, -0.1) is 0 Å². The van der Waals surface area contributed by atoms with Gasteiger partial charge in [0.15, 0.2) is 0 Å². The molecule has 1 aromatic rings. The highest BCUT2D eigenvalue weighted by molar-refractivity contribution is 5.74. The van der Waals surface area contributed by atoms with Crippen molar-refractivity contribution in [3.8, 4) is 0 Å². The van der Waals surface area contributed by atoms with Gasteiger partial charge in [0.2, 0.25) is 0 Å². The highest BCUT2D eigenvalue weighted by atomic mass is 19.1. The van der Waals surface area contributed by atoms with Gasteiger partial charge >= 0.3 is 6.03 Å². The molecule has 2 N–H and O–H groups in total. The van der Waals surface area contributed by atoms with Crippen molar-refractivity contribution in [1.82, 2.24) is 10.6 Å². The van der Waals surface area contributed by atoms with Crippen LogP contribution in [-0.4, -0.2) is 25.7 Å². The molecule has 0 spiro atoms. The minimum Gasteiger partial charge on any atom is -0.375 e. The van der Waals surface area contributed by atoms with Gasteiger partial charge in [-0.2, -0.15) is 0 Å². The average Bonchev–Trinajstić information content (AvgIpc) is 2.29. The summed E-state index contributed by atoms with van der Waals surface area (Å²) in [5, 5.41) is 5.39. The molecule has 1 rings (SSSR count). The molecule has 0 saturated heterocycles. The van der Waals surface area contributed by atoms with E-state index in [1.807, 2.05) is 13.8 Å². The second-order valence-electron chi connectivity index (χ2n) is 4.29. The van der Waals surface area contributed by atoms with E-state index < -0.39 is 0 Å². The van der Waals surface area contributed by atoms with Crippen molar-refractivity contribution in [3.05, 3.63) is 35.6 Å². The van der Waals surface area contributed by atoms with Crippen molar-refractivity contribution in [2.75, 3.05) is 13.7 Å². The fourth-order valence-electron chi connectivity index (χ4n) is 1.54. The van der Waals surface area contributed by atoms with Crippen molar-refractivity contribution >= 4 is 6.03 Å². The van der Waals surface area contributed by atoms with Crippen LogP contribution >= 0.6 is 0 Å². The van der Waals surface area contributed by atoms with Crippen molar-refractivity contribution in [1.29, 1.82) is 0 Å². The van der Waals surface area contributed by atoms with E-state index in [0.717, 1.165) is 0 Å². The van der Waals surface area contributed by atoms with Gasteiger partial charge in [-0.3, -0.25) is 0 Å². The number of halogens is 1.